The van der Waals surface area contributed by atoms with Crippen LogP contribution in [0.2, 0.25) is 0 Å². The Morgan fingerprint density at radius 2 is 2.07 bits per heavy atom. The molecule has 0 radical (unpaired) electrons. The van der Waals surface area contributed by atoms with Crippen LogP contribution in [-0.4, -0.2) is 4.98 Å². The van der Waals surface area contributed by atoms with Gasteiger partial charge in [0.15, 0.2) is 11.7 Å². The van der Waals surface area contributed by atoms with Gasteiger partial charge in [0.1, 0.15) is 11.7 Å². The molecule has 68 valence electrons. The largest absolute Gasteiger partial charge is 0.249 e. The summed E-state index contributed by atoms with van der Waals surface area (Å²) in [5.74, 6) is 0. The summed E-state index contributed by atoms with van der Waals surface area (Å²) in [5.41, 5.74) is 2.34. The van der Waals surface area contributed by atoms with Crippen LogP contribution in [0.4, 0.5) is 0 Å². The van der Waals surface area contributed by atoms with Crippen molar-refractivity contribution in [2.45, 2.75) is 0 Å². The molecule has 3 rings (SSSR count). The van der Waals surface area contributed by atoms with Crippen LogP contribution in [-0.2, 0) is 7.05 Å². The molecule has 14 heavy (non-hydrogen) atoms. The number of fused-ring (bicyclic) bond motifs is 3. The standard InChI is InChI=1S/C11H9N2S/c1-13-7-3-5-9-11(13)10-8(14-9)4-2-6-12-10/h2-7H,1H3/q+1. The van der Waals surface area contributed by atoms with Gasteiger partial charge in [-0.15, -0.1) is 11.3 Å². The van der Waals surface area contributed by atoms with Crippen molar-refractivity contribution < 1.29 is 4.57 Å². The van der Waals surface area contributed by atoms with Gasteiger partial charge in [0.05, 0.1) is 4.70 Å². The molecule has 0 spiro atoms. The number of nitrogens with zero attached hydrogens (tertiary/aromatic N) is 2. The predicted octanol–water partition coefficient (Wildman–Crippen LogP) is 2.27. The van der Waals surface area contributed by atoms with E-state index in [-0.39, 0.29) is 0 Å². The molecule has 0 unspecified atom stereocenters. The second kappa shape index (κ2) is 2.75. The lowest BCUT2D eigenvalue weighted by Crippen LogP contribution is -2.27. The smallest absolute Gasteiger partial charge is 0.248 e. The summed E-state index contributed by atoms with van der Waals surface area (Å²) in [5, 5.41) is 0. The van der Waals surface area contributed by atoms with Crippen LogP contribution < -0.4 is 4.57 Å². The highest BCUT2D eigenvalue weighted by Crippen LogP contribution is 2.28. The van der Waals surface area contributed by atoms with E-state index in [9.17, 15) is 0 Å². The quantitative estimate of drug-likeness (QED) is 0.510. The van der Waals surface area contributed by atoms with Gasteiger partial charge in [-0.2, -0.15) is 4.57 Å². The molecule has 0 bridgehead atoms. The molecule has 0 aromatic carbocycles. The van der Waals surface area contributed by atoms with Crippen molar-refractivity contribution in [3.63, 3.8) is 0 Å². The van der Waals surface area contributed by atoms with Gasteiger partial charge < -0.3 is 0 Å². The Kier molecular flexibility index (Phi) is 1.55. The second-order valence-electron chi connectivity index (χ2n) is 3.28. The Morgan fingerprint density at radius 3 is 3.00 bits per heavy atom. The molecule has 0 aliphatic rings. The van der Waals surface area contributed by atoms with E-state index < -0.39 is 0 Å². The first-order valence-corrected chi connectivity index (χ1v) is 5.30. The topological polar surface area (TPSA) is 16.8 Å². The Bertz CT molecular complexity index is 613. The fourth-order valence-electron chi connectivity index (χ4n) is 1.72. The number of hydrogen-bond donors (Lipinski definition) is 0. The van der Waals surface area contributed by atoms with Crippen molar-refractivity contribution in [2.75, 3.05) is 0 Å². The molecular formula is C11H9N2S+. The number of rotatable bonds is 0. The zero-order valence-electron chi connectivity index (χ0n) is 7.77. The number of aryl methyl sites for hydroxylation is 1. The van der Waals surface area contributed by atoms with E-state index in [0.29, 0.717) is 0 Å². The maximum Gasteiger partial charge on any atom is 0.249 e. The summed E-state index contributed by atoms with van der Waals surface area (Å²) in [6.45, 7) is 0. The van der Waals surface area contributed by atoms with Crippen LogP contribution >= 0.6 is 11.3 Å². The lowest BCUT2D eigenvalue weighted by molar-refractivity contribution is -0.644. The molecule has 0 aliphatic heterocycles. The lowest BCUT2D eigenvalue weighted by Gasteiger charge is -1.88. The minimum atomic E-state index is 1.11. The van der Waals surface area contributed by atoms with Crippen LogP contribution in [0.15, 0.2) is 36.7 Å². The molecule has 2 nitrogen and oxygen atoms in total. The van der Waals surface area contributed by atoms with Crippen molar-refractivity contribution in [1.29, 1.82) is 0 Å². The lowest BCUT2D eigenvalue weighted by atomic mass is 10.3. The van der Waals surface area contributed by atoms with Gasteiger partial charge in [0.2, 0.25) is 5.52 Å². The monoisotopic (exact) mass is 201 g/mol. The van der Waals surface area contributed by atoms with Gasteiger partial charge in [-0.3, -0.25) is 0 Å². The van der Waals surface area contributed by atoms with Gasteiger partial charge in [0, 0.05) is 12.3 Å². The zero-order valence-corrected chi connectivity index (χ0v) is 8.58. The Labute approximate surface area is 85.4 Å². The van der Waals surface area contributed by atoms with Crippen LogP contribution in [0, 0.1) is 0 Å². The van der Waals surface area contributed by atoms with Crippen molar-refractivity contribution >= 4 is 31.8 Å². The van der Waals surface area contributed by atoms with E-state index in [1.807, 2.05) is 12.3 Å². The first-order chi connectivity index (χ1) is 6.86. The molecule has 3 heterocycles. The summed E-state index contributed by atoms with van der Waals surface area (Å²) in [6, 6.07) is 8.31. The molecule has 0 saturated heterocycles. The minimum Gasteiger partial charge on any atom is -0.248 e. The molecule has 3 aromatic rings. The third-order valence-corrected chi connectivity index (χ3v) is 3.46. The van der Waals surface area contributed by atoms with E-state index in [0.717, 1.165) is 5.52 Å². The zero-order chi connectivity index (χ0) is 9.54. The van der Waals surface area contributed by atoms with E-state index >= 15 is 0 Å². The summed E-state index contributed by atoms with van der Waals surface area (Å²) in [6.07, 6.45) is 3.91. The van der Waals surface area contributed by atoms with Crippen LogP contribution in [0.25, 0.3) is 20.4 Å². The highest BCUT2D eigenvalue weighted by atomic mass is 32.1. The van der Waals surface area contributed by atoms with Crippen molar-refractivity contribution in [2.24, 2.45) is 7.05 Å². The Balaban J connectivity index is 2.65. The van der Waals surface area contributed by atoms with Crippen LogP contribution in [0.5, 0.6) is 0 Å². The number of hydrogen-bond acceptors (Lipinski definition) is 2. The van der Waals surface area contributed by atoms with Gasteiger partial charge in [-0.25, -0.2) is 4.98 Å². The molecule has 0 fully saturated rings. The van der Waals surface area contributed by atoms with E-state index in [1.165, 1.54) is 14.9 Å². The third-order valence-electron chi connectivity index (χ3n) is 2.36. The molecule has 3 aromatic heterocycles. The summed E-state index contributed by atoms with van der Waals surface area (Å²) >= 11 is 1.79. The van der Waals surface area contributed by atoms with Gasteiger partial charge in [-0.1, -0.05) is 0 Å². The molecule has 0 aliphatic carbocycles. The second-order valence-corrected chi connectivity index (χ2v) is 4.37. The number of pyridine rings is 2. The number of aromatic nitrogens is 2. The SMILES string of the molecule is C[n+]1cccc2sc3cccnc3c21. The number of thiophene rings is 1. The first kappa shape index (κ1) is 7.88. The highest BCUT2D eigenvalue weighted by Gasteiger charge is 2.13. The normalized spacial score (nSPS) is 11.2. The molecular weight excluding hydrogens is 192 g/mol. The fourth-order valence-corrected chi connectivity index (χ4v) is 2.84. The minimum absolute atomic E-state index is 1.11. The first-order valence-electron chi connectivity index (χ1n) is 4.48. The van der Waals surface area contributed by atoms with E-state index in [4.69, 9.17) is 0 Å². The third kappa shape index (κ3) is 0.960. The van der Waals surface area contributed by atoms with E-state index in [2.05, 4.69) is 41.0 Å². The summed E-state index contributed by atoms with van der Waals surface area (Å²) < 4.78 is 4.68. The van der Waals surface area contributed by atoms with Crippen molar-refractivity contribution in [3.05, 3.63) is 36.7 Å². The Morgan fingerprint density at radius 1 is 1.21 bits per heavy atom. The average Bonchev–Trinajstić information content (AvgIpc) is 2.57. The maximum absolute atomic E-state index is 4.42. The van der Waals surface area contributed by atoms with Crippen molar-refractivity contribution in [3.8, 4) is 0 Å². The van der Waals surface area contributed by atoms with Gasteiger partial charge in [-0.05, 0) is 18.2 Å². The summed E-state index contributed by atoms with van der Waals surface area (Å²) in [4.78, 5) is 4.42. The molecule has 3 heteroatoms. The van der Waals surface area contributed by atoms with Crippen LogP contribution in [0.1, 0.15) is 0 Å². The fraction of sp³-hybridized carbons (Fsp3) is 0.0909. The predicted molar refractivity (Wildman–Crippen MR) is 58.3 cm³/mol. The Hall–Kier alpha value is -1.48. The molecule has 0 amide bonds. The van der Waals surface area contributed by atoms with E-state index in [1.54, 1.807) is 11.3 Å². The van der Waals surface area contributed by atoms with Gasteiger partial charge >= 0.3 is 0 Å². The van der Waals surface area contributed by atoms with Gasteiger partial charge in [0.25, 0.3) is 0 Å². The molecule has 0 N–H and O–H groups in total. The summed E-state index contributed by atoms with van der Waals surface area (Å²) in [7, 11) is 2.06. The van der Waals surface area contributed by atoms with Crippen LogP contribution in [0.3, 0.4) is 0 Å². The molecule has 0 atom stereocenters. The molecule has 0 saturated carbocycles. The maximum atomic E-state index is 4.42. The highest BCUT2D eigenvalue weighted by molar-refractivity contribution is 7.25. The average molecular weight is 201 g/mol. The van der Waals surface area contributed by atoms with Crippen molar-refractivity contribution in [1.82, 2.24) is 4.98 Å².